The van der Waals surface area contributed by atoms with Crippen molar-refractivity contribution < 1.29 is 23.1 Å². The standard InChI is InChI=1S/C19H26N2O5S/c22-18(14-5-2-1-3-6-14)20-16-9-11-21(12-10-16)27(25,26)17-8-4-7-15(13-17)19(23)24/h4,7-8,13-14,16H,1-3,5-6,9-12H2,(H,20,22)(H,23,24). The Kier molecular flexibility index (Phi) is 6.16. The molecule has 0 spiro atoms. The molecule has 8 heteroatoms. The summed E-state index contributed by atoms with van der Waals surface area (Å²) in [6, 6.07) is 5.41. The average Bonchev–Trinajstić information content (AvgIpc) is 2.69. The fourth-order valence-electron chi connectivity index (χ4n) is 3.86. The number of nitrogens with zero attached hydrogens (tertiary/aromatic N) is 1. The first-order valence-electron chi connectivity index (χ1n) is 9.52. The van der Waals surface area contributed by atoms with Crippen molar-refractivity contribution >= 4 is 21.9 Å². The van der Waals surface area contributed by atoms with Gasteiger partial charge in [-0.05, 0) is 43.9 Å². The maximum absolute atomic E-state index is 12.8. The van der Waals surface area contributed by atoms with E-state index in [4.69, 9.17) is 5.11 Å². The van der Waals surface area contributed by atoms with Gasteiger partial charge in [0.25, 0.3) is 0 Å². The van der Waals surface area contributed by atoms with Gasteiger partial charge < -0.3 is 10.4 Å². The van der Waals surface area contributed by atoms with Gasteiger partial charge in [-0.3, -0.25) is 4.79 Å². The molecule has 1 saturated carbocycles. The Bertz CT molecular complexity index is 794. The molecule has 2 fully saturated rings. The first kappa shape index (κ1) is 19.8. The number of carbonyl (C=O) groups excluding carboxylic acids is 1. The van der Waals surface area contributed by atoms with E-state index in [1.165, 1.54) is 35.0 Å². The summed E-state index contributed by atoms with van der Waals surface area (Å²) in [5.41, 5.74) is -0.0503. The number of hydrogen-bond donors (Lipinski definition) is 2. The summed E-state index contributed by atoms with van der Waals surface area (Å²) < 4.78 is 26.9. The zero-order valence-electron chi connectivity index (χ0n) is 15.3. The van der Waals surface area contributed by atoms with Gasteiger partial charge in [-0.2, -0.15) is 4.31 Å². The van der Waals surface area contributed by atoms with Crippen molar-refractivity contribution in [2.75, 3.05) is 13.1 Å². The van der Waals surface area contributed by atoms with Crippen LogP contribution in [0.4, 0.5) is 0 Å². The number of aromatic carboxylic acids is 1. The van der Waals surface area contributed by atoms with E-state index in [9.17, 15) is 18.0 Å². The minimum Gasteiger partial charge on any atom is -0.478 e. The van der Waals surface area contributed by atoms with E-state index in [0.717, 1.165) is 25.7 Å². The van der Waals surface area contributed by atoms with Gasteiger partial charge in [-0.25, -0.2) is 13.2 Å². The Hall–Kier alpha value is -1.93. The van der Waals surface area contributed by atoms with Crippen LogP contribution in [-0.2, 0) is 14.8 Å². The lowest BCUT2D eigenvalue weighted by Crippen LogP contribution is -2.48. The second-order valence-electron chi connectivity index (χ2n) is 7.35. The van der Waals surface area contributed by atoms with Crippen LogP contribution in [0.3, 0.4) is 0 Å². The fourth-order valence-corrected chi connectivity index (χ4v) is 5.38. The molecule has 7 nitrogen and oxygen atoms in total. The Morgan fingerprint density at radius 2 is 1.70 bits per heavy atom. The number of amides is 1. The van der Waals surface area contributed by atoms with Gasteiger partial charge in [0.2, 0.25) is 15.9 Å². The topological polar surface area (TPSA) is 104 Å². The third-order valence-electron chi connectivity index (χ3n) is 5.50. The predicted molar refractivity (Wildman–Crippen MR) is 99.9 cm³/mol. The highest BCUT2D eigenvalue weighted by Crippen LogP contribution is 2.25. The summed E-state index contributed by atoms with van der Waals surface area (Å²) in [6.07, 6.45) is 6.42. The van der Waals surface area contributed by atoms with Gasteiger partial charge in [-0.1, -0.05) is 25.3 Å². The predicted octanol–water partition coefficient (Wildman–Crippen LogP) is 2.23. The van der Waals surface area contributed by atoms with Crippen LogP contribution >= 0.6 is 0 Å². The van der Waals surface area contributed by atoms with Crippen molar-refractivity contribution in [3.8, 4) is 0 Å². The van der Waals surface area contributed by atoms with Crippen molar-refractivity contribution in [2.45, 2.75) is 55.9 Å². The van der Waals surface area contributed by atoms with Crippen LogP contribution in [0.15, 0.2) is 29.2 Å². The molecule has 0 bridgehead atoms. The molecule has 0 radical (unpaired) electrons. The highest BCUT2D eigenvalue weighted by Gasteiger charge is 2.31. The van der Waals surface area contributed by atoms with E-state index in [1.807, 2.05) is 0 Å². The summed E-state index contributed by atoms with van der Waals surface area (Å²) in [5, 5.41) is 12.1. The smallest absolute Gasteiger partial charge is 0.335 e. The molecule has 1 amide bonds. The van der Waals surface area contributed by atoms with Gasteiger partial charge in [0.15, 0.2) is 0 Å². The minimum atomic E-state index is -3.73. The number of piperidine rings is 1. The maximum Gasteiger partial charge on any atom is 0.335 e. The van der Waals surface area contributed by atoms with Gasteiger partial charge in [0.05, 0.1) is 10.5 Å². The van der Waals surface area contributed by atoms with Crippen LogP contribution < -0.4 is 5.32 Å². The molecule has 1 heterocycles. The van der Waals surface area contributed by atoms with Crippen LogP contribution in [0.25, 0.3) is 0 Å². The van der Waals surface area contributed by atoms with Crippen LogP contribution in [0.2, 0.25) is 0 Å². The summed E-state index contributed by atoms with van der Waals surface area (Å²) in [4.78, 5) is 23.4. The molecule has 3 rings (SSSR count). The van der Waals surface area contributed by atoms with E-state index < -0.39 is 16.0 Å². The number of sulfonamides is 1. The lowest BCUT2D eigenvalue weighted by atomic mass is 9.88. The summed E-state index contributed by atoms with van der Waals surface area (Å²) in [7, 11) is -3.73. The van der Waals surface area contributed by atoms with Crippen LogP contribution in [0.5, 0.6) is 0 Å². The van der Waals surface area contributed by atoms with E-state index >= 15 is 0 Å². The molecule has 2 aliphatic rings. The average molecular weight is 394 g/mol. The monoisotopic (exact) mass is 394 g/mol. The van der Waals surface area contributed by atoms with Crippen LogP contribution in [0, 0.1) is 5.92 Å². The zero-order valence-corrected chi connectivity index (χ0v) is 16.1. The van der Waals surface area contributed by atoms with Crippen LogP contribution in [0.1, 0.15) is 55.3 Å². The Balaban J connectivity index is 1.58. The highest BCUT2D eigenvalue weighted by atomic mass is 32.2. The summed E-state index contributed by atoms with van der Waals surface area (Å²) in [6.45, 7) is 0.629. The number of nitrogens with one attached hydrogen (secondary N) is 1. The highest BCUT2D eigenvalue weighted by molar-refractivity contribution is 7.89. The second kappa shape index (κ2) is 8.39. The van der Waals surface area contributed by atoms with Gasteiger partial charge in [-0.15, -0.1) is 0 Å². The quantitative estimate of drug-likeness (QED) is 0.797. The first-order chi connectivity index (χ1) is 12.9. The van der Waals surface area contributed by atoms with Crippen molar-refractivity contribution in [3.63, 3.8) is 0 Å². The van der Waals surface area contributed by atoms with E-state index in [0.29, 0.717) is 25.9 Å². The number of carboxylic acid groups (broad SMARTS) is 1. The molecule has 1 aromatic rings. The molecular weight excluding hydrogens is 368 g/mol. The van der Waals surface area contributed by atoms with E-state index in [-0.39, 0.29) is 28.3 Å². The number of hydrogen-bond acceptors (Lipinski definition) is 4. The number of carboxylic acids is 1. The number of carbonyl (C=O) groups is 2. The minimum absolute atomic E-state index is 0.00349. The lowest BCUT2D eigenvalue weighted by molar-refractivity contribution is -0.126. The van der Waals surface area contributed by atoms with Crippen molar-refractivity contribution in [1.29, 1.82) is 0 Å². The summed E-state index contributed by atoms with van der Waals surface area (Å²) >= 11 is 0. The van der Waals surface area contributed by atoms with Crippen molar-refractivity contribution in [1.82, 2.24) is 9.62 Å². The summed E-state index contributed by atoms with van der Waals surface area (Å²) in [5.74, 6) is -0.958. The number of benzene rings is 1. The molecule has 1 saturated heterocycles. The third kappa shape index (κ3) is 4.68. The van der Waals surface area contributed by atoms with Crippen molar-refractivity contribution in [2.24, 2.45) is 5.92 Å². The zero-order chi connectivity index (χ0) is 19.4. The molecule has 0 unspecified atom stereocenters. The Morgan fingerprint density at radius 3 is 2.33 bits per heavy atom. The molecular formula is C19H26N2O5S. The SMILES string of the molecule is O=C(O)c1cccc(S(=O)(=O)N2CCC(NC(=O)C3CCCCC3)CC2)c1. The molecule has 2 N–H and O–H groups in total. The molecule has 1 aliphatic heterocycles. The largest absolute Gasteiger partial charge is 0.478 e. The van der Waals surface area contributed by atoms with Gasteiger partial charge in [0, 0.05) is 25.0 Å². The molecule has 148 valence electrons. The Labute approximate surface area is 159 Å². The van der Waals surface area contributed by atoms with Gasteiger partial charge >= 0.3 is 5.97 Å². The van der Waals surface area contributed by atoms with Gasteiger partial charge in [0.1, 0.15) is 0 Å². The molecule has 0 aromatic heterocycles. The lowest BCUT2D eigenvalue weighted by Gasteiger charge is -2.33. The Morgan fingerprint density at radius 1 is 1.04 bits per heavy atom. The van der Waals surface area contributed by atoms with E-state index in [1.54, 1.807) is 0 Å². The number of rotatable bonds is 5. The molecule has 27 heavy (non-hydrogen) atoms. The molecule has 1 aliphatic carbocycles. The third-order valence-corrected chi connectivity index (χ3v) is 7.39. The first-order valence-corrected chi connectivity index (χ1v) is 11.0. The normalized spacial score (nSPS) is 20.3. The molecule has 1 aromatic carbocycles. The van der Waals surface area contributed by atoms with Crippen molar-refractivity contribution in [3.05, 3.63) is 29.8 Å². The van der Waals surface area contributed by atoms with Crippen LogP contribution in [-0.4, -0.2) is 48.8 Å². The second-order valence-corrected chi connectivity index (χ2v) is 9.29. The fraction of sp³-hybridized carbons (Fsp3) is 0.579. The maximum atomic E-state index is 12.8. The molecule has 0 atom stereocenters. The van der Waals surface area contributed by atoms with E-state index in [2.05, 4.69) is 5.32 Å².